The Kier molecular flexibility index (Phi) is 3.85. The van der Waals surface area contributed by atoms with Crippen LogP contribution in [0.5, 0.6) is 0 Å². The van der Waals surface area contributed by atoms with E-state index in [2.05, 4.69) is 48.0 Å². The van der Waals surface area contributed by atoms with Gasteiger partial charge in [-0.25, -0.2) is 9.97 Å². The first-order valence-electron chi connectivity index (χ1n) is 7.48. The molecule has 21 heavy (non-hydrogen) atoms. The topological polar surface area (TPSA) is 29.0 Å². The Labute approximate surface area is 131 Å². The van der Waals surface area contributed by atoms with Crippen molar-refractivity contribution in [2.24, 2.45) is 5.92 Å². The second-order valence-electron chi connectivity index (χ2n) is 5.78. The van der Waals surface area contributed by atoms with Crippen LogP contribution >= 0.6 is 11.6 Å². The molecule has 0 spiro atoms. The van der Waals surface area contributed by atoms with Gasteiger partial charge in [-0.3, -0.25) is 0 Å². The van der Waals surface area contributed by atoms with E-state index in [9.17, 15) is 0 Å². The standard InChI is InChI=1S/C17H20ClN3/c1-4-15-19-16(18)12(3)17(20-15)21-10-11(2)9-13-7-5-6-8-14(13)21/h5-8,11H,4,9-10H2,1-3H3. The molecule has 0 saturated carbocycles. The Balaban J connectivity index is 2.14. The van der Waals surface area contributed by atoms with Crippen LogP contribution < -0.4 is 4.90 Å². The Hall–Kier alpha value is -1.61. The highest BCUT2D eigenvalue weighted by molar-refractivity contribution is 6.30. The molecule has 3 nitrogen and oxygen atoms in total. The van der Waals surface area contributed by atoms with E-state index in [4.69, 9.17) is 16.6 Å². The molecule has 0 saturated heterocycles. The Morgan fingerprint density at radius 2 is 2.05 bits per heavy atom. The Bertz CT molecular complexity index is 669. The van der Waals surface area contributed by atoms with Crippen LogP contribution in [-0.4, -0.2) is 16.5 Å². The van der Waals surface area contributed by atoms with Crippen molar-refractivity contribution in [1.82, 2.24) is 9.97 Å². The van der Waals surface area contributed by atoms with E-state index in [-0.39, 0.29) is 0 Å². The van der Waals surface area contributed by atoms with E-state index in [1.54, 1.807) is 0 Å². The molecule has 1 aromatic carbocycles. The summed E-state index contributed by atoms with van der Waals surface area (Å²) in [5.41, 5.74) is 3.58. The van der Waals surface area contributed by atoms with Gasteiger partial charge in [0.2, 0.25) is 0 Å². The van der Waals surface area contributed by atoms with Crippen LogP contribution in [-0.2, 0) is 12.8 Å². The SMILES string of the molecule is CCc1nc(Cl)c(C)c(N2CC(C)Cc3ccccc32)n1. The van der Waals surface area contributed by atoms with Gasteiger partial charge in [-0.05, 0) is 30.9 Å². The molecule has 0 aliphatic carbocycles. The lowest BCUT2D eigenvalue weighted by Crippen LogP contribution is -2.31. The summed E-state index contributed by atoms with van der Waals surface area (Å²) in [7, 11) is 0. The van der Waals surface area contributed by atoms with Gasteiger partial charge in [0.05, 0.1) is 0 Å². The number of aryl methyl sites for hydroxylation is 1. The normalized spacial score (nSPS) is 17.7. The quantitative estimate of drug-likeness (QED) is 0.773. The molecule has 1 aromatic heterocycles. The van der Waals surface area contributed by atoms with Gasteiger partial charge in [-0.15, -0.1) is 0 Å². The monoisotopic (exact) mass is 301 g/mol. The van der Waals surface area contributed by atoms with Crippen molar-refractivity contribution in [1.29, 1.82) is 0 Å². The predicted molar refractivity (Wildman–Crippen MR) is 87.5 cm³/mol. The zero-order valence-corrected chi connectivity index (χ0v) is 13.5. The van der Waals surface area contributed by atoms with Crippen LogP contribution in [0, 0.1) is 12.8 Å². The fraction of sp³-hybridized carbons (Fsp3) is 0.412. The van der Waals surface area contributed by atoms with Crippen molar-refractivity contribution in [2.75, 3.05) is 11.4 Å². The van der Waals surface area contributed by atoms with Crippen molar-refractivity contribution in [2.45, 2.75) is 33.6 Å². The molecular weight excluding hydrogens is 282 g/mol. The summed E-state index contributed by atoms with van der Waals surface area (Å²) in [6.45, 7) is 7.30. The smallest absolute Gasteiger partial charge is 0.141 e. The largest absolute Gasteiger partial charge is 0.325 e. The van der Waals surface area contributed by atoms with Crippen LogP contribution in [0.1, 0.15) is 30.8 Å². The number of hydrogen-bond donors (Lipinski definition) is 0. The number of benzene rings is 1. The molecule has 0 bridgehead atoms. The van der Waals surface area contributed by atoms with Crippen LogP contribution in [0.25, 0.3) is 0 Å². The maximum absolute atomic E-state index is 6.30. The minimum absolute atomic E-state index is 0.563. The third kappa shape index (κ3) is 2.62. The molecule has 0 N–H and O–H groups in total. The van der Waals surface area contributed by atoms with Gasteiger partial charge in [0, 0.05) is 24.2 Å². The van der Waals surface area contributed by atoms with Crippen molar-refractivity contribution in [3.05, 3.63) is 46.4 Å². The first-order valence-corrected chi connectivity index (χ1v) is 7.86. The van der Waals surface area contributed by atoms with Gasteiger partial charge < -0.3 is 4.90 Å². The number of halogens is 1. The summed E-state index contributed by atoms with van der Waals surface area (Å²) >= 11 is 6.30. The zero-order valence-electron chi connectivity index (χ0n) is 12.7. The van der Waals surface area contributed by atoms with Crippen LogP contribution in [0.3, 0.4) is 0 Å². The van der Waals surface area contributed by atoms with Gasteiger partial charge in [0.25, 0.3) is 0 Å². The number of anilines is 2. The highest BCUT2D eigenvalue weighted by Gasteiger charge is 2.25. The van der Waals surface area contributed by atoms with Crippen molar-refractivity contribution < 1.29 is 0 Å². The Morgan fingerprint density at radius 3 is 2.81 bits per heavy atom. The van der Waals surface area contributed by atoms with Gasteiger partial charge in [-0.1, -0.05) is 43.6 Å². The van der Waals surface area contributed by atoms with E-state index in [0.29, 0.717) is 11.1 Å². The minimum atomic E-state index is 0.563. The van der Waals surface area contributed by atoms with Gasteiger partial charge in [0.1, 0.15) is 16.8 Å². The summed E-state index contributed by atoms with van der Waals surface area (Å²) < 4.78 is 0. The molecule has 0 radical (unpaired) electrons. The number of fused-ring (bicyclic) bond motifs is 1. The summed E-state index contributed by atoms with van der Waals surface area (Å²) in [6.07, 6.45) is 1.91. The summed E-state index contributed by atoms with van der Waals surface area (Å²) in [5, 5.41) is 0.563. The lowest BCUT2D eigenvalue weighted by atomic mass is 9.93. The maximum Gasteiger partial charge on any atom is 0.141 e. The van der Waals surface area contributed by atoms with Crippen LogP contribution in [0.4, 0.5) is 11.5 Å². The lowest BCUT2D eigenvalue weighted by Gasteiger charge is -2.35. The van der Waals surface area contributed by atoms with Crippen LogP contribution in [0.2, 0.25) is 5.15 Å². The third-order valence-electron chi connectivity index (χ3n) is 4.02. The molecule has 1 aliphatic heterocycles. The van der Waals surface area contributed by atoms with Crippen molar-refractivity contribution in [3.8, 4) is 0 Å². The van der Waals surface area contributed by atoms with E-state index in [0.717, 1.165) is 36.6 Å². The van der Waals surface area contributed by atoms with E-state index < -0.39 is 0 Å². The van der Waals surface area contributed by atoms with E-state index >= 15 is 0 Å². The second-order valence-corrected chi connectivity index (χ2v) is 6.14. The molecule has 2 heterocycles. The van der Waals surface area contributed by atoms with Gasteiger partial charge >= 0.3 is 0 Å². The van der Waals surface area contributed by atoms with Crippen molar-refractivity contribution in [3.63, 3.8) is 0 Å². The number of para-hydroxylation sites is 1. The first-order chi connectivity index (χ1) is 10.1. The van der Waals surface area contributed by atoms with Gasteiger partial charge in [-0.2, -0.15) is 0 Å². The fourth-order valence-electron chi connectivity index (χ4n) is 2.94. The molecule has 3 rings (SSSR count). The molecule has 0 amide bonds. The molecular formula is C17H20ClN3. The zero-order chi connectivity index (χ0) is 15.0. The number of hydrogen-bond acceptors (Lipinski definition) is 3. The molecule has 1 unspecified atom stereocenters. The second kappa shape index (κ2) is 5.64. The summed E-state index contributed by atoms with van der Waals surface area (Å²) in [6, 6.07) is 8.56. The number of nitrogens with zero attached hydrogens (tertiary/aromatic N) is 3. The molecule has 2 aromatic rings. The van der Waals surface area contributed by atoms with Gasteiger partial charge in [0.15, 0.2) is 0 Å². The fourth-order valence-corrected chi connectivity index (χ4v) is 3.12. The third-order valence-corrected chi connectivity index (χ3v) is 4.39. The minimum Gasteiger partial charge on any atom is -0.325 e. The molecule has 1 atom stereocenters. The molecule has 110 valence electrons. The molecule has 1 aliphatic rings. The highest BCUT2D eigenvalue weighted by Crippen LogP contribution is 2.36. The van der Waals surface area contributed by atoms with Crippen LogP contribution in [0.15, 0.2) is 24.3 Å². The van der Waals surface area contributed by atoms with Crippen molar-refractivity contribution >= 4 is 23.1 Å². The summed E-state index contributed by atoms with van der Waals surface area (Å²) in [4.78, 5) is 11.4. The lowest BCUT2D eigenvalue weighted by molar-refractivity contribution is 0.559. The van der Waals surface area contributed by atoms with E-state index in [1.165, 1.54) is 11.3 Å². The highest BCUT2D eigenvalue weighted by atomic mass is 35.5. The average Bonchev–Trinajstić information content (AvgIpc) is 2.49. The number of aromatic nitrogens is 2. The Morgan fingerprint density at radius 1 is 1.29 bits per heavy atom. The van der Waals surface area contributed by atoms with E-state index in [1.807, 2.05) is 6.92 Å². The first kappa shape index (κ1) is 14.3. The average molecular weight is 302 g/mol. The predicted octanol–water partition coefficient (Wildman–Crippen LogP) is 4.33. The molecule has 0 fully saturated rings. The number of rotatable bonds is 2. The molecule has 4 heteroatoms. The summed E-state index contributed by atoms with van der Waals surface area (Å²) in [5.74, 6) is 2.35. The maximum atomic E-state index is 6.30.